The van der Waals surface area contributed by atoms with Gasteiger partial charge in [-0.05, 0) is 49.8 Å². The lowest BCUT2D eigenvalue weighted by atomic mass is 9.95. The van der Waals surface area contributed by atoms with E-state index in [9.17, 15) is 5.11 Å². The van der Waals surface area contributed by atoms with Gasteiger partial charge in [0.25, 0.3) is 0 Å². The molecule has 2 unspecified atom stereocenters. The van der Waals surface area contributed by atoms with Gasteiger partial charge in [0.05, 0.1) is 0 Å². The molecule has 0 radical (unpaired) electrons. The molecule has 3 rings (SSSR count). The Morgan fingerprint density at radius 1 is 1.35 bits per heavy atom. The summed E-state index contributed by atoms with van der Waals surface area (Å²) in [5.41, 5.74) is 5.95. The Balaban J connectivity index is 2.14. The van der Waals surface area contributed by atoms with Crippen LogP contribution in [0.3, 0.4) is 0 Å². The van der Waals surface area contributed by atoms with Gasteiger partial charge >= 0.3 is 0 Å². The van der Waals surface area contributed by atoms with Crippen LogP contribution in [0.2, 0.25) is 0 Å². The fourth-order valence-electron chi connectivity index (χ4n) is 3.25. The minimum absolute atomic E-state index is 0.278. The normalized spacial score (nSPS) is 23.2. The van der Waals surface area contributed by atoms with E-state index < -0.39 is 0 Å². The lowest BCUT2D eigenvalue weighted by Crippen LogP contribution is -2.49. The number of pyridine rings is 1. The minimum atomic E-state index is 0.278. The molecule has 1 aliphatic heterocycles. The zero-order valence-corrected chi connectivity index (χ0v) is 11.8. The summed E-state index contributed by atoms with van der Waals surface area (Å²) in [5, 5.41) is 11.9. The average Bonchev–Trinajstić information content (AvgIpc) is 2.46. The van der Waals surface area contributed by atoms with Gasteiger partial charge in [-0.15, -0.1) is 0 Å². The third-order valence-corrected chi connectivity index (χ3v) is 4.27. The molecule has 2 aromatic rings. The maximum atomic E-state index is 9.77. The molecule has 20 heavy (non-hydrogen) atoms. The van der Waals surface area contributed by atoms with Gasteiger partial charge in [-0.1, -0.05) is 6.07 Å². The monoisotopic (exact) mass is 271 g/mol. The number of nitrogens with zero attached hydrogens (tertiary/aromatic N) is 2. The molecule has 4 heteroatoms. The van der Waals surface area contributed by atoms with Gasteiger partial charge in [-0.25, -0.2) is 4.98 Å². The van der Waals surface area contributed by atoms with Gasteiger partial charge in [0, 0.05) is 30.2 Å². The third-order valence-electron chi connectivity index (χ3n) is 4.27. The minimum Gasteiger partial charge on any atom is -0.508 e. The van der Waals surface area contributed by atoms with E-state index in [1.165, 1.54) is 6.42 Å². The molecule has 4 nitrogen and oxygen atoms in total. The number of hydrogen-bond acceptors (Lipinski definition) is 4. The number of phenols is 1. The first kappa shape index (κ1) is 13.2. The number of fused-ring (bicyclic) bond motifs is 1. The summed E-state index contributed by atoms with van der Waals surface area (Å²) in [6.07, 6.45) is 5.32. The molecule has 0 aliphatic carbocycles. The first-order valence-corrected chi connectivity index (χ1v) is 7.27. The molecule has 3 N–H and O–H groups in total. The zero-order chi connectivity index (χ0) is 14.1. The molecule has 1 aliphatic rings. The van der Waals surface area contributed by atoms with E-state index in [4.69, 9.17) is 5.73 Å². The first-order chi connectivity index (χ1) is 9.70. The summed E-state index contributed by atoms with van der Waals surface area (Å²) in [4.78, 5) is 6.92. The van der Waals surface area contributed by atoms with Crippen molar-refractivity contribution in [1.29, 1.82) is 0 Å². The molecule has 1 aromatic carbocycles. The highest BCUT2D eigenvalue weighted by molar-refractivity contribution is 5.93. The second-order valence-electron chi connectivity index (χ2n) is 5.62. The van der Waals surface area contributed by atoms with Gasteiger partial charge in [-0.2, -0.15) is 0 Å². The van der Waals surface area contributed by atoms with Crippen LogP contribution in [0, 0.1) is 0 Å². The molecule has 1 fully saturated rings. The van der Waals surface area contributed by atoms with Crippen LogP contribution in [0.15, 0.2) is 30.5 Å². The van der Waals surface area contributed by atoms with Gasteiger partial charge in [0.1, 0.15) is 11.6 Å². The van der Waals surface area contributed by atoms with E-state index >= 15 is 0 Å². The van der Waals surface area contributed by atoms with Crippen molar-refractivity contribution in [3.63, 3.8) is 0 Å². The Labute approximate surface area is 119 Å². The molecule has 0 saturated carbocycles. The maximum Gasteiger partial charge on any atom is 0.137 e. The maximum absolute atomic E-state index is 9.77. The summed E-state index contributed by atoms with van der Waals surface area (Å²) < 4.78 is 0. The predicted octanol–water partition coefficient (Wildman–Crippen LogP) is 2.65. The molecular formula is C16H21N3O. The average molecular weight is 271 g/mol. The summed E-state index contributed by atoms with van der Waals surface area (Å²) in [5.74, 6) is 1.22. The molecule has 0 spiro atoms. The highest BCUT2D eigenvalue weighted by Gasteiger charge is 2.29. The van der Waals surface area contributed by atoms with E-state index in [1.54, 1.807) is 12.1 Å². The molecule has 0 amide bonds. The summed E-state index contributed by atoms with van der Waals surface area (Å²) in [6.45, 7) is 2.87. The number of aromatic nitrogens is 1. The van der Waals surface area contributed by atoms with E-state index in [0.717, 1.165) is 29.4 Å². The summed E-state index contributed by atoms with van der Waals surface area (Å²) in [7, 11) is 0. The number of piperidine rings is 1. The Morgan fingerprint density at radius 2 is 2.20 bits per heavy atom. The standard InChI is InChI=1S/C16H21N3O/c1-11-3-2-4-13(10-17)19(11)16-15-9-14(20)6-5-12(15)7-8-18-16/h5-9,11,13,20H,2-4,10,17H2,1H3. The Bertz CT molecular complexity index is 614. The van der Waals surface area contributed by atoms with Gasteiger partial charge < -0.3 is 15.7 Å². The van der Waals surface area contributed by atoms with Crippen LogP contribution in [-0.2, 0) is 0 Å². The van der Waals surface area contributed by atoms with Gasteiger partial charge in [-0.3, -0.25) is 0 Å². The SMILES string of the molecule is CC1CCCC(CN)N1c1nccc2ccc(O)cc12. The lowest BCUT2D eigenvalue weighted by molar-refractivity contribution is 0.399. The number of aromatic hydroxyl groups is 1. The fourth-order valence-corrected chi connectivity index (χ4v) is 3.25. The second-order valence-corrected chi connectivity index (χ2v) is 5.62. The largest absolute Gasteiger partial charge is 0.508 e. The Kier molecular flexibility index (Phi) is 3.49. The van der Waals surface area contributed by atoms with Crippen molar-refractivity contribution in [3.05, 3.63) is 30.5 Å². The first-order valence-electron chi connectivity index (χ1n) is 7.27. The van der Waals surface area contributed by atoms with E-state index in [-0.39, 0.29) is 5.75 Å². The predicted molar refractivity (Wildman–Crippen MR) is 82.0 cm³/mol. The quantitative estimate of drug-likeness (QED) is 0.881. The smallest absolute Gasteiger partial charge is 0.137 e. The molecule has 1 aromatic heterocycles. The lowest BCUT2D eigenvalue weighted by Gasteiger charge is -2.41. The number of phenolic OH excluding ortho intramolecular Hbond substituents is 1. The van der Waals surface area contributed by atoms with Crippen LogP contribution < -0.4 is 10.6 Å². The van der Waals surface area contributed by atoms with Crippen LogP contribution in [-0.4, -0.2) is 28.7 Å². The summed E-state index contributed by atoms with van der Waals surface area (Å²) >= 11 is 0. The Morgan fingerprint density at radius 3 is 3.00 bits per heavy atom. The highest BCUT2D eigenvalue weighted by atomic mass is 16.3. The van der Waals surface area contributed by atoms with Crippen molar-refractivity contribution in [2.24, 2.45) is 5.73 Å². The van der Waals surface area contributed by atoms with Crippen molar-refractivity contribution in [1.82, 2.24) is 4.98 Å². The van der Waals surface area contributed by atoms with Crippen LogP contribution in [0.5, 0.6) is 5.75 Å². The van der Waals surface area contributed by atoms with Gasteiger partial charge in [0.2, 0.25) is 0 Å². The molecule has 106 valence electrons. The topological polar surface area (TPSA) is 62.4 Å². The van der Waals surface area contributed by atoms with E-state index in [0.29, 0.717) is 18.6 Å². The van der Waals surface area contributed by atoms with Crippen molar-refractivity contribution < 1.29 is 5.11 Å². The van der Waals surface area contributed by atoms with E-state index in [2.05, 4.69) is 16.8 Å². The third kappa shape index (κ3) is 2.20. The molecule has 2 heterocycles. The number of benzene rings is 1. The number of rotatable bonds is 2. The fraction of sp³-hybridized carbons (Fsp3) is 0.438. The molecule has 0 bridgehead atoms. The summed E-state index contributed by atoms with van der Waals surface area (Å²) in [6, 6.07) is 8.18. The van der Waals surface area contributed by atoms with Crippen molar-refractivity contribution in [3.8, 4) is 5.75 Å². The number of anilines is 1. The van der Waals surface area contributed by atoms with Crippen molar-refractivity contribution >= 4 is 16.6 Å². The zero-order valence-electron chi connectivity index (χ0n) is 11.8. The number of nitrogens with two attached hydrogens (primary N) is 1. The number of hydrogen-bond donors (Lipinski definition) is 2. The van der Waals surface area contributed by atoms with E-state index in [1.807, 2.05) is 18.3 Å². The van der Waals surface area contributed by atoms with Crippen LogP contribution >= 0.6 is 0 Å². The molecular weight excluding hydrogens is 250 g/mol. The van der Waals surface area contributed by atoms with Crippen molar-refractivity contribution in [2.75, 3.05) is 11.4 Å². The molecule has 1 saturated heterocycles. The molecule has 2 atom stereocenters. The Hall–Kier alpha value is -1.81. The second kappa shape index (κ2) is 5.29. The van der Waals surface area contributed by atoms with Crippen molar-refractivity contribution in [2.45, 2.75) is 38.3 Å². The van der Waals surface area contributed by atoms with Crippen LogP contribution in [0.1, 0.15) is 26.2 Å². The van der Waals surface area contributed by atoms with Crippen LogP contribution in [0.25, 0.3) is 10.8 Å². The van der Waals surface area contributed by atoms with Crippen LogP contribution in [0.4, 0.5) is 5.82 Å². The highest BCUT2D eigenvalue weighted by Crippen LogP contribution is 2.33. The van der Waals surface area contributed by atoms with Gasteiger partial charge in [0.15, 0.2) is 0 Å².